The van der Waals surface area contributed by atoms with Gasteiger partial charge in [-0.2, -0.15) is 8.42 Å². The summed E-state index contributed by atoms with van der Waals surface area (Å²) in [6, 6.07) is 10.5. The SMILES string of the molecule is O=C1CN(c2ccc(CCCCNC(=O)c3ccccc3C(=O)O)cc2O)S(=O)(=O)N1. The molecule has 1 aliphatic rings. The standard InChI is InChI=1S/C20H21N3O7S/c24-17-11-13(8-9-16(17)23-12-18(25)22-31(23,29)30)5-3-4-10-21-19(26)14-6-1-2-7-15(14)20(27)28/h1-2,6-9,11,24H,3-5,10,12H2,(H,21,26)(H,22,25)(H,27,28). The number of hydrogen-bond acceptors (Lipinski definition) is 6. The van der Waals surface area contributed by atoms with Gasteiger partial charge in [0, 0.05) is 6.54 Å². The third-order valence-corrected chi connectivity index (χ3v) is 6.10. The highest BCUT2D eigenvalue weighted by Crippen LogP contribution is 2.31. The van der Waals surface area contributed by atoms with Gasteiger partial charge in [0.1, 0.15) is 12.3 Å². The molecule has 0 atom stereocenters. The number of benzene rings is 2. The van der Waals surface area contributed by atoms with Gasteiger partial charge in [-0.05, 0) is 49.1 Å². The third kappa shape index (κ3) is 5.12. The summed E-state index contributed by atoms with van der Waals surface area (Å²) in [5.74, 6) is -2.56. The molecule has 2 aromatic carbocycles. The number of carbonyl (C=O) groups excluding carboxylic acids is 2. The number of rotatable bonds is 8. The van der Waals surface area contributed by atoms with Crippen molar-refractivity contribution in [2.45, 2.75) is 19.3 Å². The minimum absolute atomic E-state index is 0.0199. The summed E-state index contributed by atoms with van der Waals surface area (Å²) in [5.41, 5.74) is 0.818. The topological polar surface area (TPSA) is 153 Å². The van der Waals surface area contributed by atoms with Gasteiger partial charge in [-0.1, -0.05) is 18.2 Å². The monoisotopic (exact) mass is 447 g/mol. The van der Waals surface area contributed by atoms with E-state index in [2.05, 4.69) is 5.32 Å². The number of carbonyl (C=O) groups is 3. The van der Waals surface area contributed by atoms with E-state index in [0.29, 0.717) is 25.8 Å². The van der Waals surface area contributed by atoms with E-state index in [1.807, 2.05) is 4.72 Å². The van der Waals surface area contributed by atoms with Gasteiger partial charge in [0.15, 0.2) is 0 Å². The van der Waals surface area contributed by atoms with Gasteiger partial charge < -0.3 is 15.5 Å². The van der Waals surface area contributed by atoms with E-state index >= 15 is 0 Å². The molecule has 0 spiro atoms. The lowest BCUT2D eigenvalue weighted by atomic mass is 10.1. The summed E-state index contributed by atoms with van der Waals surface area (Å²) in [5, 5.41) is 22.0. The number of anilines is 1. The van der Waals surface area contributed by atoms with Crippen molar-refractivity contribution in [3.63, 3.8) is 0 Å². The first-order chi connectivity index (χ1) is 14.7. The Morgan fingerprint density at radius 1 is 1.10 bits per heavy atom. The van der Waals surface area contributed by atoms with E-state index < -0.39 is 28.0 Å². The van der Waals surface area contributed by atoms with Gasteiger partial charge in [0.25, 0.3) is 11.8 Å². The van der Waals surface area contributed by atoms with E-state index in [1.165, 1.54) is 24.3 Å². The van der Waals surface area contributed by atoms with Crippen LogP contribution in [0, 0.1) is 0 Å². The highest BCUT2D eigenvalue weighted by atomic mass is 32.2. The Bertz CT molecular complexity index is 1130. The zero-order chi connectivity index (χ0) is 22.6. The Morgan fingerprint density at radius 3 is 2.42 bits per heavy atom. The molecule has 0 aliphatic carbocycles. The molecule has 1 aliphatic heterocycles. The molecular formula is C20H21N3O7S. The third-order valence-electron chi connectivity index (χ3n) is 4.71. The van der Waals surface area contributed by atoms with Gasteiger partial charge >= 0.3 is 16.2 Å². The van der Waals surface area contributed by atoms with Crippen molar-refractivity contribution in [3.8, 4) is 5.75 Å². The first-order valence-corrected chi connectivity index (χ1v) is 10.9. The van der Waals surface area contributed by atoms with E-state index in [0.717, 1.165) is 9.87 Å². The molecule has 31 heavy (non-hydrogen) atoms. The van der Waals surface area contributed by atoms with Crippen molar-refractivity contribution in [1.29, 1.82) is 0 Å². The number of nitrogens with zero attached hydrogens (tertiary/aromatic N) is 1. The molecule has 1 saturated heterocycles. The minimum atomic E-state index is -3.99. The predicted molar refractivity (Wildman–Crippen MR) is 111 cm³/mol. The van der Waals surface area contributed by atoms with Crippen LogP contribution in [0.15, 0.2) is 42.5 Å². The zero-order valence-electron chi connectivity index (χ0n) is 16.4. The van der Waals surface area contributed by atoms with Crippen molar-refractivity contribution in [3.05, 3.63) is 59.2 Å². The second-order valence-electron chi connectivity index (χ2n) is 6.92. The fourth-order valence-electron chi connectivity index (χ4n) is 3.22. The highest BCUT2D eigenvalue weighted by molar-refractivity contribution is 7.92. The number of phenolic OH excluding ortho intramolecular Hbond substituents is 1. The molecule has 2 amide bonds. The maximum Gasteiger partial charge on any atom is 0.336 e. The van der Waals surface area contributed by atoms with Gasteiger partial charge in [-0.15, -0.1) is 0 Å². The van der Waals surface area contributed by atoms with Crippen LogP contribution in [-0.4, -0.2) is 49.5 Å². The van der Waals surface area contributed by atoms with Crippen molar-refractivity contribution < 1.29 is 33.0 Å². The van der Waals surface area contributed by atoms with Crippen LogP contribution in [0.1, 0.15) is 39.1 Å². The Labute approximate surface area is 178 Å². The number of carboxylic acid groups (broad SMARTS) is 1. The number of amides is 2. The molecule has 0 radical (unpaired) electrons. The number of nitrogens with one attached hydrogen (secondary N) is 2. The summed E-state index contributed by atoms with van der Waals surface area (Å²) < 4.78 is 26.4. The Balaban J connectivity index is 1.51. The molecule has 0 bridgehead atoms. The van der Waals surface area contributed by atoms with Crippen LogP contribution in [0.3, 0.4) is 0 Å². The van der Waals surface area contributed by atoms with Gasteiger partial charge in [0.05, 0.1) is 16.8 Å². The van der Waals surface area contributed by atoms with E-state index in [1.54, 1.807) is 18.2 Å². The summed E-state index contributed by atoms with van der Waals surface area (Å²) in [6.45, 7) is -0.0450. The number of hydrogen-bond donors (Lipinski definition) is 4. The lowest BCUT2D eigenvalue weighted by molar-refractivity contribution is -0.117. The zero-order valence-corrected chi connectivity index (χ0v) is 17.2. The normalized spacial score (nSPS) is 14.8. The molecule has 11 heteroatoms. The van der Waals surface area contributed by atoms with Crippen molar-refractivity contribution in [2.24, 2.45) is 0 Å². The Hall–Kier alpha value is -3.60. The average Bonchev–Trinajstić information content (AvgIpc) is 2.99. The van der Waals surface area contributed by atoms with Crippen molar-refractivity contribution >= 4 is 33.7 Å². The average molecular weight is 447 g/mol. The minimum Gasteiger partial charge on any atom is -0.506 e. The maximum atomic E-state index is 12.2. The van der Waals surface area contributed by atoms with Crippen LogP contribution >= 0.6 is 0 Å². The molecule has 3 rings (SSSR count). The predicted octanol–water partition coefficient (Wildman–Crippen LogP) is 1.02. The fourth-order valence-corrected chi connectivity index (χ4v) is 4.38. The largest absolute Gasteiger partial charge is 0.506 e. The lowest BCUT2D eigenvalue weighted by Crippen LogP contribution is -2.29. The van der Waals surface area contributed by atoms with E-state index in [-0.39, 0.29) is 29.1 Å². The fraction of sp³-hybridized carbons (Fsp3) is 0.250. The van der Waals surface area contributed by atoms with Crippen LogP contribution in [0.5, 0.6) is 5.75 Å². The summed E-state index contributed by atoms with van der Waals surface area (Å²) in [6.07, 6.45) is 1.85. The summed E-state index contributed by atoms with van der Waals surface area (Å²) in [4.78, 5) is 34.7. The first kappa shape index (κ1) is 22.1. The number of aryl methyl sites for hydroxylation is 1. The number of aromatic hydroxyl groups is 1. The van der Waals surface area contributed by atoms with Crippen LogP contribution < -0.4 is 14.3 Å². The van der Waals surface area contributed by atoms with E-state index in [4.69, 9.17) is 5.11 Å². The van der Waals surface area contributed by atoms with Gasteiger partial charge in [-0.25, -0.2) is 13.8 Å². The van der Waals surface area contributed by atoms with Crippen LogP contribution in [0.2, 0.25) is 0 Å². The number of phenols is 1. The van der Waals surface area contributed by atoms with Crippen molar-refractivity contribution in [2.75, 3.05) is 17.4 Å². The van der Waals surface area contributed by atoms with Gasteiger partial charge in [0.2, 0.25) is 0 Å². The Morgan fingerprint density at radius 2 is 1.81 bits per heavy atom. The molecular weight excluding hydrogens is 426 g/mol. The van der Waals surface area contributed by atoms with E-state index in [9.17, 15) is 27.9 Å². The quantitative estimate of drug-likeness (QED) is 0.441. The first-order valence-electron chi connectivity index (χ1n) is 9.45. The summed E-state index contributed by atoms with van der Waals surface area (Å²) >= 11 is 0. The molecule has 0 saturated carbocycles. The van der Waals surface area contributed by atoms with Crippen molar-refractivity contribution in [1.82, 2.24) is 10.0 Å². The van der Waals surface area contributed by atoms with Crippen LogP contribution in [0.25, 0.3) is 0 Å². The highest BCUT2D eigenvalue weighted by Gasteiger charge is 2.35. The molecule has 1 heterocycles. The number of aromatic carboxylic acids is 1. The number of unbranched alkanes of at least 4 members (excludes halogenated alkanes) is 1. The maximum absolute atomic E-state index is 12.2. The van der Waals surface area contributed by atoms with Crippen LogP contribution in [0.4, 0.5) is 5.69 Å². The van der Waals surface area contributed by atoms with Gasteiger partial charge in [-0.3, -0.25) is 9.59 Å². The molecule has 164 valence electrons. The van der Waals surface area contributed by atoms with Crippen LogP contribution in [-0.2, 0) is 21.4 Å². The molecule has 0 unspecified atom stereocenters. The second kappa shape index (κ2) is 9.04. The number of carboxylic acids is 1. The Kier molecular flexibility index (Phi) is 6.44. The second-order valence-corrected chi connectivity index (χ2v) is 8.52. The lowest BCUT2D eigenvalue weighted by Gasteiger charge is -2.16. The molecule has 2 aromatic rings. The smallest absolute Gasteiger partial charge is 0.336 e. The molecule has 10 nitrogen and oxygen atoms in total. The molecule has 0 aromatic heterocycles. The molecule has 4 N–H and O–H groups in total. The summed E-state index contributed by atoms with van der Waals surface area (Å²) in [7, 11) is -3.99. The molecule has 1 fully saturated rings.